The van der Waals surface area contributed by atoms with Crippen molar-refractivity contribution in [2.24, 2.45) is 5.92 Å². The second kappa shape index (κ2) is 7.26. The Morgan fingerprint density at radius 2 is 2.17 bits per heavy atom. The number of nitro benzene ring substituents is 1. The minimum atomic E-state index is -0.291. The molecule has 0 fully saturated rings. The molecule has 0 saturated carbocycles. The molecular weight excluding hydrogens is 248 g/mol. The summed E-state index contributed by atoms with van der Waals surface area (Å²) in [5.41, 5.74) is 0.826. The molecule has 1 aromatic rings. The average molecular weight is 268 g/mol. The van der Waals surface area contributed by atoms with Gasteiger partial charge >= 0.3 is 5.69 Å². The summed E-state index contributed by atoms with van der Waals surface area (Å²) in [6.45, 7) is 7.01. The van der Waals surface area contributed by atoms with Crippen LogP contribution in [0.25, 0.3) is 0 Å². The number of para-hydroxylation sites is 1. The maximum atomic E-state index is 11.2. The Hall–Kier alpha value is -1.23. The molecule has 0 aliphatic carbocycles. The minimum Gasteiger partial charge on any atom is -0.379 e. The second-order valence-electron chi connectivity index (χ2n) is 4.54. The Morgan fingerprint density at radius 1 is 1.44 bits per heavy atom. The minimum absolute atomic E-state index is 0.205. The zero-order valence-corrected chi connectivity index (χ0v) is 11.9. The highest BCUT2D eigenvalue weighted by Gasteiger charge is 2.19. The van der Waals surface area contributed by atoms with Crippen LogP contribution < -0.4 is 5.32 Å². The van der Waals surface area contributed by atoms with E-state index in [0.717, 1.165) is 23.6 Å². The lowest BCUT2D eigenvalue weighted by Crippen LogP contribution is -2.04. The zero-order chi connectivity index (χ0) is 13.5. The SMILES string of the molecule is CCCNc1cccc(SCC(C)C)c1[N+](=O)[O-]. The van der Waals surface area contributed by atoms with Gasteiger partial charge in [-0.05, 0) is 24.5 Å². The quantitative estimate of drug-likeness (QED) is 0.458. The molecule has 0 aliphatic heterocycles. The van der Waals surface area contributed by atoms with E-state index in [4.69, 9.17) is 0 Å². The molecule has 0 heterocycles. The van der Waals surface area contributed by atoms with Gasteiger partial charge in [0.25, 0.3) is 0 Å². The summed E-state index contributed by atoms with van der Waals surface area (Å²) in [5, 5.41) is 14.3. The molecule has 0 bridgehead atoms. The summed E-state index contributed by atoms with van der Waals surface area (Å²) < 4.78 is 0. The molecular formula is C13H20N2O2S. The fourth-order valence-electron chi connectivity index (χ4n) is 1.49. The third kappa shape index (κ3) is 4.22. The van der Waals surface area contributed by atoms with E-state index < -0.39 is 0 Å². The molecule has 0 atom stereocenters. The molecule has 4 nitrogen and oxygen atoms in total. The van der Waals surface area contributed by atoms with Gasteiger partial charge in [0.05, 0.1) is 9.82 Å². The molecule has 0 aromatic heterocycles. The van der Waals surface area contributed by atoms with E-state index in [0.29, 0.717) is 11.6 Å². The van der Waals surface area contributed by atoms with E-state index in [9.17, 15) is 10.1 Å². The first-order valence-electron chi connectivity index (χ1n) is 6.20. The van der Waals surface area contributed by atoms with Gasteiger partial charge in [-0.25, -0.2) is 0 Å². The summed E-state index contributed by atoms with van der Waals surface area (Å²) in [6, 6.07) is 5.46. The third-order valence-electron chi connectivity index (χ3n) is 2.32. The highest BCUT2D eigenvalue weighted by molar-refractivity contribution is 7.99. The standard InChI is InChI=1S/C13H20N2O2S/c1-4-8-14-11-6-5-7-12(13(11)15(16)17)18-9-10(2)3/h5-7,10,14H,4,8-9H2,1-3H3. The Bertz CT molecular complexity index is 408. The number of benzene rings is 1. The van der Waals surface area contributed by atoms with Crippen molar-refractivity contribution in [3.63, 3.8) is 0 Å². The molecule has 0 aliphatic rings. The fourth-order valence-corrected chi connectivity index (χ4v) is 2.49. The van der Waals surface area contributed by atoms with E-state index in [-0.39, 0.29) is 10.6 Å². The van der Waals surface area contributed by atoms with Gasteiger partial charge in [-0.3, -0.25) is 10.1 Å². The summed E-state index contributed by atoms with van der Waals surface area (Å²) in [4.78, 5) is 11.7. The number of hydrogen-bond donors (Lipinski definition) is 1. The van der Waals surface area contributed by atoms with Crippen molar-refractivity contribution in [2.45, 2.75) is 32.1 Å². The smallest absolute Gasteiger partial charge is 0.305 e. The van der Waals surface area contributed by atoms with Crippen LogP contribution in [0.5, 0.6) is 0 Å². The Kier molecular flexibility index (Phi) is 5.98. The molecule has 0 spiro atoms. The predicted molar refractivity (Wildman–Crippen MR) is 77.4 cm³/mol. The summed E-state index contributed by atoms with van der Waals surface area (Å²) in [6.07, 6.45) is 0.945. The van der Waals surface area contributed by atoms with Crippen LogP contribution in [0.15, 0.2) is 23.1 Å². The van der Waals surface area contributed by atoms with Gasteiger partial charge in [0.15, 0.2) is 0 Å². The number of anilines is 1. The van der Waals surface area contributed by atoms with E-state index in [1.54, 1.807) is 17.8 Å². The molecule has 18 heavy (non-hydrogen) atoms. The van der Waals surface area contributed by atoms with E-state index in [1.165, 1.54) is 0 Å². The molecule has 1 rings (SSSR count). The number of nitro groups is 1. The fraction of sp³-hybridized carbons (Fsp3) is 0.538. The Morgan fingerprint density at radius 3 is 2.72 bits per heavy atom. The number of hydrogen-bond acceptors (Lipinski definition) is 4. The van der Waals surface area contributed by atoms with Crippen molar-refractivity contribution >= 4 is 23.1 Å². The first kappa shape index (κ1) is 14.8. The van der Waals surface area contributed by atoms with Gasteiger partial charge in [-0.1, -0.05) is 26.8 Å². The van der Waals surface area contributed by atoms with Crippen LogP contribution in [0, 0.1) is 16.0 Å². The van der Waals surface area contributed by atoms with Crippen molar-refractivity contribution in [3.8, 4) is 0 Å². The van der Waals surface area contributed by atoms with Gasteiger partial charge in [-0.2, -0.15) is 0 Å². The first-order valence-corrected chi connectivity index (χ1v) is 7.18. The summed E-state index contributed by atoms with van der Waals surface area (Å²) in [7, 11) is 0. The normalized spacial score (nSPS) is 10.7. The van der Waals surface area contributed by atoms with Crippen molar-refractivity contribution < 1.29 is 4.92 Å². The summed E-state index contributed by atoms with van der Waals surface area (Å²) >= 11 is 1.55. The molecule has 0 unspecified atom stereocenters. The zero-order valence-electron chi connectivity index (χ0n) is 11.1. The Balaban J connectivity index is 2.97. The van der Waals surface area contributed by atoms with Crippen LogP contribution in [0.4, 0.5) is 11.4 Å². The second-order valence-corrected chi connectivity index (χ2v) is 5.60. The lowest BCUT2D eigenvalue weighted by Gasteiger charge is -2.10. The lowest BCUT2D eigenvalue weighted by atomic mass is 10.2. The van der Waals surface area contributed by atoms with Crippen LogP contribution in [0.2, 0.25) is 0 Å². The largest absolute Gasteiger partial charge is 0.379 e. The molecule has 0 radical (unpaired) electrons. The van der Waals surface area contributed by atoms with Gasteiger partial charge < -0.3 is 5.32 Å². The van der Waals surface area contributed by atoms with Crippen LogP contribution in [0.3, 0.4) is 0 Å². The van der Waals surface area contributed by atoms with Gasteiger partial charge in [0.2, 0.25) is 0 Å². The molecule has 1 aromatic carbocycles. The molecule has 1 N–H and O–H groups in total. The molecule has 0 amide bonds. The van der Waals surface area contributed by atoms with Crippen LogP contribution >= 0.6 is 11.8 Å². The van der Waals surface area contributed by atoms with E-state index in [2.05, 4.69) is 19.2 Å². The van der Waals surface area contributed by atoms with Gasteiger partial charge in [-0.15, -0.1) is 11.8 Å². The average Bonchev–Trinajstić information content (AvgIpc) is 2.33. The van der Waals surface area contributed by atoms with E-state index in [1.807, 2.05) is 19.1 Å². The number of thioether (sulfide) groups is 1. The van der Waals surface area contributed by atoms with Crippen LogP contribution in [0.1, 0.15) is 27.2 Å². The van der Waals surface area contributed by atoms with Crippen molar-refractivity contribution in [1.29, 1.82) is 0 Å². The lowest BCUT2D eigenvalue weighted by molar-refractivity contribution is -0.386. The van der Waals surface area contributed by atoms with Gasteiger partial charge in [0, 0.05) is 12.3 Å². The van der Waals surface area contributed by atoms with Gasteiger partial charge in [0.1, 0.15) is 5.69 Å². The molecule has 0 saturated heterocycles. The van der Waals surface area contributed by atoms with Crippen molar-refractivity contribution in [1.82, 2.24) is 0 Å². The highest BCUT2D eigenvalue weighted by Crippen LogP contribution is 2.36. The number of rotatable bonds is 7. The maximum absolute atomic E-state index is 11.2. The van der Waals surface area contributed by atoms with Crippen molar-refractivity contribution in [2.75, 3.05) is 17.6 Å². The number of nitrogens with zero attached hydrogens (tertiary/aromatic N) is 1. The maximum Gasteiger partial charge on any atom is 0.305 e. The Labute approximate surface area is 112 Å². The van der Waals surface area contributed by atoms with Crippen LogP contribution in [-0.4, -0.2) is 17.2 Å². The van der Waals surface area contributed by atoms with Crippen molar-refractivity contribution in [3.05, 3.63) is 28.3 Å². The van der Waals surface area contributed by atoms with E-state index >= 15 is 0 Å². The molecule has 5 heteroatoms. The van der Waals surface area contributed by atoms with Crippen LogP contribution in [-0.2, 0) is 0 Å². The number of nitrogens with one attached hydrogen (secondary N) is 1. The summed E-state index contributed by atoms with van der Waals surface area (Å²) in [5.74, 6) is 1.40. The first-order chi connectivity index (χ1) is 8.56. The predicted octanol–water partition coefficient (Wildman–Crippen LogP) is 4.16. The molecule has 100 valence electrons. The topological polar surface area (TPSA) is 55.2 Å². The third-order valence-corrected chi connectivity index (χ3v) is 3.79. The highest BCUT2D eigenvalue weighted by atomic mass is 32.2. The monoisotopic (exact) mass is 268 g/mol.